The lowest BCUT2D eigenvalue weighted by Gasteiger charge is -2.20. The van der Waals surface area contributed by atoms with Crippen molar-refractivity contribution in [1.29, 1.82) is 0 Å². The van der Waals surface area contributed by atoms with Crippen LogP contribution >= 0.6 is 0 Å². The molecule has 15 heavy (non-hydrogen) atoms. The number of nitrogens with two attached hydrogens (primary N) is 2. The second-order valence-electron chi connectivity index (χ2n) is 4.06. The number of hydrogen-bond donors (Lipinski definition) is 2. The van der Waals surface area contributed by atoms with Gasteiger partial charge in [-0.1, -0.05) is 6.07 Å². The van der Waals surface area contributed by atoms with E-state index in [-0.39, 0.29) is 12.1 Å². The Morgan fingerprint density at radius 2 is 1.73 bits per heavy atom. The van der Waals surface area contributed by atoms with Gasteiger partial charge in [0.25, 0.3) is 0 Å². The fraction of sp³-hybridized carbons (Fsp3) is 0.500. The van der Waals surface area contributed by atoms with E-state index < -0.39 is 0 Å². The normalized spacial score (nSPS) is 14.8. The average Bonchev–Trinajstić information content (AvgIpc) is 2.19. The maximum absolute atomic E-state index is 6.03. The highest BCUT2D eigenvalue weighted by atomic mass is 16.5. The summed E-state index contributed by atoms with van der Waals surface area (Å²) in [5.74, 6) is 0.896. The van der Waals surface area contributed by atoms with Crippen LogP contribution in [0.1, 0.15) is 29.7 Å². The molecule has 0 amide bonds. The number of rotatable bonds is 3. The molecule has 0 aliphatic heterocycles. The van der Waals surface area contributed by atoms with Gasteiger partial charge in [0, 0.05) is 12.1 Å². The standard InChI is InChI=1S/C12H20N2O/c1-7-6-11(15-4)8(2)5-10(7)12(14)9(3)13/h5-6,9,12H,13-14H2,1-4H3. The van der Waals surface area contributed by atoms with Gasteiger partial charge in [-0.05, 0) is 43.5 Å². The highest BCUT2D eigenvalue weighted by Crippen LogP contribution is 2.26. The molecule has 0 fully saturated rings. The first-order chi connectivity index (χ1) is 6.97. The average molecular weight is 208 g/mol. The molecule has 4 N–H and O–H groups in total. The zero-order valence-electron chi connectivity index (χ0n) is 9.87. The van der Waals surface area contributed by atoms with Crippen molar-refractivity contribution in [3.63, 3.8) is 0 Å². The molecule has 0 aliphatic rings. The molecular weight excluding hydrogens is 188 g/mol. The minimum atomic E-state index is -0.116. The summed E-state index contributed by atoms with van der Waals surface area (Å²) in [6, 6.07) is 3.90. The number of hydrogen-bond acceptors (Lipinski definition) is 3. The van der Waals surface area contributed by atoms with E-state index in [1.54, 1.807) is 7.11 Å². The van der Waals surface area contributed by atoms with Crippen LogP contribution in [0.3, 0.4) is 0 Å². The van der Waals surface area contributed by atoms with Crippen LogP contribution in [-0.4, -0.2) is 13.2 Å². The summed E-state index contributed by atoms with van der Waals surface area (Å²) in [6.45, 7) is 5.96. The van der Waals surface area contributed by atoms with Crippen LogP contribution in [0, 0.1) is 13.8 Å². The van der Waals surface area contributed by atoms with Gasteiger partial charge in [0.05, 0.1) is 7.11 Å². The van der Waals surface area contributed by atoms with Crippen LogP contribution in [-0.2, 0) is 0 Å². The van der Waals surface area contributed by atoms with Crippen molar-refractivity contribution in [3.05, 3.63) is 28.8 Å². The summed E-state index contributed by atoms with van der Waals surface area (Å²) < 4.78 is 5.25. The first kappa shape index (κ1) is 12.0. The quantitative estimate of drug-likeness (QED) is 0.794. The fourth-order valence-corrected chi connectivity index (χ4v) is 1.67. The van der Waals surface area contributed by atoms with Gasteiger partial charge in [0.2, 0.25) is 0 Å². The molecule has 0 bridgehead atoms. The summed E-state index contributed by atoms with van der Waals surface area (Å²) in [5.41, 5.74) is 15.2. The van der Waals surface area contributed by atoms with E-state index in [1.807, 2.05) is 26.8 Å². The predicted octanol–water partition coefficient (Wildman–Crippen LogP) is 1.66. The monoisotopic (exact) mass is 208 g/mol. The van der Waals surface area contributed by atoms with Gasteiger partial charge in [-0.3, -0.25) is 0 Å². The van der Waals surface area contributed by atoms with E-state index in [2.05, 4.69) is 6.07 Å². The van der Waals surface area contributed by atoms with Crippen LogP contribution in [0.5, 0.6) is 5.75 Å². The molecule has 2 unspecified atom stereocenters. The molecule has 0 aromatic heterocycles. The number of ether oxygens (including phenoxy) is 1. The molecule has 0 saturated carbocycles. The smallest absolute Gasteiger partial charge is 0.122 e. The molecule has 3 heteroatoms. The van der Waals surface area contributed by atoms with Crippen molar-refractivity contribution in [1.82, 2.24) is 0 Å². The van der Waals surface area contributed by atoms with Crippen molar-refractivity contribution in [2.24, 2.45) is 11.5 Å². The SMILES string of the molecule is COc1cc(C)c(C(N)C(C)N)cc1C. The molecule has 0 spiro atoms. The van der Waals surface area contributed by atoms with Gasteiger partial charge in [-0.2, -0.15) is 0 Å². The third kappa shape index (κ3) is 2.49. The highest BCUT2D eigenvalue weighted by molar-refractivity contribution is 5.43. The predicted molar refractivity (Wildman–Crippen MR) is 63.0 cm³/mol. The molecule has 0 radical (unpaired) electrons. The van der Waals surface area contributed by atoms with Gasteiger partial charge in [-0.25, -0.2) is 0 Å². The maximum atomic E-state index is 6.03. The lowest BCUT2D eigenvalue weighted by molar-refractivity contribution is 0.411. The lowest BCUT2D eigenvalue weighted by atomic mass is 9.95. The molecule has 0 aliphatic carbocycles. The number of methoxy groups -OCH3 is 1. The Morgan fingerprint density at radius 3 is 2.20 bits per heavy atom. The van der Waals surface area contributed by atoms with Crippen molar-refractivity contribution < 1.29 is 4.74 Å². The molecular formula is C12H20N2O. The Balaban J connectivity index is 3.15. The van der Waals surface area contributed by atoms with Crippen LogP contribution in [0.2, 0.25) is 0 Å². The third-order valence-electron chi connectivity index (χ3n) is 2.71. The number of benzene rings is 1. The van der Waals surface area contributed by atoms with Crippen molar-refractivity contribution in [2.45, 2.75) is 32.9 Å². The molecule has 2 atom stereocenters. The van der Waals surface area contributed by atoms with Crippen LogP contribution in [0.25, 0.3) is 0 Å². The van der Waals surface area contributed by atoms with Crippen LogP contribution in [0.4, 0.5) is 0 Å². The summed E-state index contributed by atoms with van der Waals surface area (Å²) in [5, 5.41) is 0. The minimum absolute atomic E-state index is 0.0449. The summed E-state index contributed by atoms with van der Waals surface area (Å²) in [6.07, 6.45) is 0. The van der Waals surface area contributed by atoms with E-state index in [0.717, 1.165) is 22.4 Å². The second-order valence-corrected chi connectivity index (χ2v) is 4.06. The Bertz CT molecular complexity index is 348. The van der Waals surface area contributed by atoms with Gasteiger partial charge in [0.1, 0.15) is 5.75 Å². The zero-order valence-corrected chi connectivity index (χ0v) is 9.87. The van der Waals surface area contributed by atoms with Gasteiger partial charge >= 0.3 is 0 Å². The Labute approximate surface area is 91.4 Å². The van der Waals surface area contributed by atoms with Gasteiger partial charge in [0.15, 0.2) is 0 Å². The van der Waals surface area contributed by atoms with E-state index in [9.17, 15) is 0 Å². The van der Waals surface area contributed by atoms with E-state index in [1.165, 1.54) is 0 Å². The van der Waals surface area contributed by atoms with E-state index in [4.69, 9.17) is 16.2 Å². The topological polar surface area (TPSA) is 61.3 Å². The van der Waals surface area contributed by atoms with E-state index in [0.29, 0.717) is 0 Å². The largest absolute Gasteiger partial charge is 0.496 e. The minimum Gasteiger partial charge on any atom is -0.496 e. The van der Waals surface area contributed by atoms with Crippen molar-refractivity contribution >= 4 is 0 Å². The molecule has 1 aromatic rings. The summed E-state index contributed by atoms with van der Waals surface area (Å²) in [7, 11) is 1.67. The summed E-state index contributed by atoms with van der Waals surface area (Å²) in [4.78, 5) is 0. The maximum Gasteiger partial charge on any atom is 0.122 e. The first-order valence-electron chi connectivity index (χ1n) is 5.13. The first-order valence-corrected chi connectivity index (χ1v) is 5.13. The highest BCUT2D eigenvalue weighted by Gasteiger charge is 2.14. The zero-order chi connectivity index (χ0) is 11.6. The Morgan fingerprint density at radius 1 is 1.13 bits per heavy atom. The second kappa shape index (κ2) is 4.64. The van der Waals surface area contributed by atoms with E-state index >= 15 is 0 Å². The van der Waals surface area contributed by atoms with Crippen LogP contribution < -0.4 is 16.2 Å². The Hall–Kier alpha value is -1.06. The molecule has 3 nitrogen and oxygen atoms in total. The molecule has 0 saturated heterocycles. The lowest BCUT2D eigenvalue weighted by Crippen LogP contribution is -2.31. The van der Waals surface area contributed by atoms with Crippen LogP contribution in [0.15, 0.2) is 12.1 Å². The molecule has 1 rings (SSSR count). The van der Waals surface area contributed by atoms with Gasteiger partial charge in [-0.15, -0.1) is 0 Å². The fourth-order valence-electron chi connectivity index (χ4n) is 1.67. The molecule has 0 heterocycles. The number of aryl methyl sites for hydroxylation is 2. The van der Waals surface area contributed by atoms with Crippen molar-refractivity contribution in [2.75, 3.05) is 7.11 Å². The Kier molecular flexibility index (Phi) is 3.72. The summed E-state index contributed by atoms with van der Waals surface area (Å²) >= 11 is 0. The van der Waals surface area contributed by atoms with Crippen molar-refractivity contribution in [3.8, 4) is 5.75 Å². The molecule has 84 valence electrons. The van der Waals surface area contributed by atoms with Gasteiger partial charge < -0.3 is 16.2 Å². The third-order valence-corrected chi connectivity index (χ3v) is 2.71. The molecule has 1 aromatic carbocycles.